The summed E-state index contributed by atoms with van der Waals surface area (Å²) in [6.45, 7) is 3.36. The van der Waals surface area contributed by atoms with Crippen LogP contribution in [0.4, 0.5) is 10.1 Å². The van der Waals surface area contributed by atoms with Gasteiger partial charge in [-0.1, -0.05) is 29.8 Å². The number of aryl methyl sites for hydroxylation is 1. The number of nitrogens with one attached hydrogen (secondary N) is 1. The van der Waals surface area contributed by atoms with Crippen LogP contribution in [-0.2, 0) is 5.54 Å². The van der Waals surface area contributed by atoms with Crippen molar-refractivity contribution in [3.8, 4) is 0 Å². The third-order valence-electron chi connectivity index (χ3n) is 3.37. The van der Waals surface area contributed by atoms with Gasteiger partial charge in [-0.3, -0.25) is 0 Å². The van der Waals surface area contributed by atoms with Crippen molar-refractivity contribution in [2.75, 3.05) is 11.9 Å². The largest absolute Gasteiger partial charge is 0.394 e. The molecule has 2 aromatic carbocycles. The van der Waals surface area contributed by atoms with Crippen LogP contribution in [-0.4, -0.2) is 11.7 Å². The van der Waals surface area contributed by atoms with Crippen LogP contribution in [0.1, 0.15) is 18.1 Å². The molecule has 0 saturated heterocycles. The monoisotopic (exact) mass is 293 g/mol. The molecule has 0 amide bonds. The minimum atomic E-state index is -0.779. The van der Waals surface area contributed by atoms with E-state index < -0.39 is 5.54 Å². The molecule has 2 aromatic rings. The van der Waals surface area contributed by atoms with Crippen LogP contribution in [0.2, 0.25) is 5.02 Å². The molecule has 0 aromatic heterocycles. The van der Waals surface area contributed by atoms with E-state index in [1.54, 1.807) is 25.1 Å². The number of halogens is 2. The van der Waals surface area contributed by atoms with Crippen molar-refractivity contribution in [1.82, 2.24) is 0 Å². The molecule has 4 heteroatoms. The van der Waals surface area contributed by atoms with Crippen molar-refractivity contribution in [3.63, 3.8) is 0 Å². The van der Waals surface area contributed by atoms with Gasteiger partial charge in [0, 0.05) is 10.7 Å². The van der Waals surface area contributed by atoms with Crippen LogP contribution in [0, 0.1) is 12.7 Å². The lowest BCUT2D eigenvalue weighted by molar-refractivity contribution is 0.223. The topological polar surface area (TPSA) is 32.3 Å². The smallest absolute Gasteiger partial charge is 0.126 e. The second-order valence-electron chi connectivity index (χ2n) is 5.09. The maximum absolute atomic E-state index is 13.7. The number of hydrogen-bond acceptors (Lipinski definition) is 2. The molecule has 2 rings (SSSR count). The van der Waals surface area contributed by atoms with Gasteiger partial charge in [0.2, 0.25) is 0 Å². The van der Waals surface area contributed by atoms with E-state index >= 15 is 0 Å². The molecule has 0 aliphatic carbocycles. The summed E-state index contributed by atoms with van der Waals surface area (Å²) < 4.78 is 13.7. The Hall–Kier alpha value is -1.58. The average molecular weight is 294 g/mol. The molecular formula is C16H17ClFNO. The van der Waals surface area contributed by atoms with E-state index in [9.17, 15) is 9.50 Å². The standard InChI is InChI=1S/C16H17ClFNO/c1-11-6-7-12(8-15(11)18)16(2,10-20)19-14-5-3-4-13(17)9-14/h3-9,19-20H,10H2,1-2H3. The average Bonchev–Trinajstić information content (AvgIpc) is 2.41. The van der Waals surface area contributed by atoms with Gasteiger partial charge in [-0.2, -0.15) is 0 Å². The van der Waals surface area contributed by atoms with Crippen molar-refractivity contribution in [2.24, 2.45) is 0 Å². The highest BCUT2D eigenvalue weighted by Gasteiger charge is 2.26. The summed E-state index contributed by atoms with van der Waals surface area (Å²) in [5.41, 5.74) is 1.26. The second-order valence-corrected chi connectivity index (χ2v) is 5.53. The zero-order valence-corrected chi connectivity index (χ0v) is 12.2. The lowest BCUT2D eigenvalue weighted by atomic mass is 9.91. The van der Waals surface area contributed by atoms with Crippen LogP contribution in [0.15, 0.2) is 42.5 Å². The minimum Gasteiger partial charge on any atom is -0.394 e. The summed E-state index contributed by atoms with van der Waals surface area (Å²) in [5, 5.41) is 13.5. The van der Waals surface area contributed by atoms with Gasteiger partial charge in [0.25, 0.3) is 0 Å². The highest BCUT2D eigenvalue weighted by Crippen LogP contribution is 2.28. The number of aliphatic hydroxyl groups is 1. The molecule has 1 atom stereocenters. The zero-order chi connectivity index (χ0) is 14.8. The van der Waals surface area contributed by atoms with Crippen LogP contribution in [0.5, 0.6) is 0 Å². The Morgan fingerprint density at radius 2 is 2.00 bits per heavy atom. The highest BCUT2D eigenvalue weighted by molar-refractivity contribution is 6.30. The van der Waals surface area contributed by atoms with Gasteiger partial charge in [0.05, 0.1) is 12.1 Å². The molecule has 2 nitrogen and oxygen atoms in total. The summed E-state index contributed by atoms with van der Waals surface area (Å²) in [6.07, 6.45) is 0. The van der Waals surface area contributed by atoms with Crippen molar-refractivity contribution in [2.45, 2.75) is 19.4 Å². The van der Waals surface area contributed by atoms with Crippen LogP contribution >= 0.6 is 11.6 Å². The van der Waals surface area contributed by atoms with Gasteiger partial charge in [-0.25, -0.2) is 4.39 Å². The molecule has 20 heavy (non-hydrogen) atoms. The maximum atomic E-state index is 13.7. The summed E-state index contributed by atoms with van der Waals surface area (Å²) in [4.78, 5) is 0. The third kappa shape index (κ3) is 3.11. The van der Waals surface area contributed by atoms with Gasteiger partial charge in [-0.15, -0.1) is 0 Å². The fraction of sp³-hybridized carbons (Fsp3) is 0.250. The van der Waals surface area contributed by atoms with E-state index in [0.29, 0.717) is 16.1 Å². The zero-order valence-electron chi connectivity index (χ0n) is 11.5. The fourth-order valence-corrected chi connectivity index (χ4v) is 2.21. The maximum Gasteiger partial charge on any atom is 0.126 e. The molecular weight excluding hydrogens is 277 g/mol. The van der Waals surface area contributed by atoms with Gasteiger partial charge in [-0.05, 0) is 49.2 Å². The molecule has 0 heterocycles. The predicted octanol–water partition coefficient (Wildman–Crippen LogP) is 4.11. The molecule has 1 unspecified atom stereocenters. The minimum absolute atomic E-state index is 0.165. The van der Waals surface area contributed by atoms with E-state index in [2.05, 4.69) is 5.32 Å². The van der Waals surface area contributed by atoms with E-state index in [4.69, 9.17) is 11.6 Å². The number of benzene rings is 2. The van der Waals surface area contributed by atoms with Crippen molar-refractivity contribution < 1.29 is 9.50 Å². The lowest BCUT2D eigenvalue weighted by Crippen LogP contribution is -2.36. The Morgan fingerprint density at radius 3 is 2.60 bits per heavy atom. The van der Waals surface area contributed by atoms with Crippen molar-refractivity contribution in [1.29, 1.82) is 0 Å². The van der Waals surface area contributed by atoms with Crippen LogP contribution < -0.4 is 5.32 Å². The van der Waals surface area contributed by atoms with E-state index in [0.717, 1.165) is 5.69 Å². The molecule has 0 spiro atoms. The van der Waals surface area contributed by atoms with E-state index in [1.807, 2.05) is 25.1 Å². The summed E-state index contributed by atoms with van der Waals surface area (Å²) >= 11 is 5.95. The Labute approximate surface area is 123 Å². The molecule has 2 N–H and O–H groups in total. The first-order valence-corrected chi connectivity index (χ1v) is 6.74. The SMILES string of the molecule is Cc1ccc(C(C)(CO)Nc2cccc(Cl)c2)cc1F. The second kappa shape index (κ2) is 5.81. The Bertz CT molecular complexity index is 617. The fourth-order valence-electron chi connectivity index (χ4n) is 2.02. The predicted molar refractivity (Wildman–Crippen MR) is 80.6 cm³/mol. The summed E-state index contributed by atoms with van der Waals surface area (Å²) in [6, 6.07) is 12.2. The first-order valence-electron chi connectivity index (χ1n) is 6.36. The Morgan fingerprint density at radius 1 is 1.25 bits per heavy atom. The Balaban J connectivity index is 2.35. The third-order valence-corrected chi connectivity index (χ3v) is 3.61. The lowest BCUT2D eigenvalue weighted by Gasteiger charge is -2.31. The van der Waals surface area contributed by atoms with Crippen molar-refractivity contribution >= 4 is 17.3 Å². The molecule has 106 valence electrons. The van der Waals surface area contributed by atoms with Crippen LogP contribution in [0.3, 0.4) is 0 Å². The molecule has 0 aliphatic rings. The quantitative estimate of drug-likeness (QED) is 0.889. The summed E-state index contributed by atoms with van der Waals surface area (Å²) in [7, 11) is 0. The molecule has 0 aliphatic heterocycles. The molecule has 0 radical (unpaired) electrons. The van der Waals surface area contributed by atoms with Gasteiger partial charge in [0.15, 0.2) is 0 Å². The van der Waals surface area contributed by atoms with Crippen molar-refractivity contribution in [3.05, 3.63) is 64.4 Å². The van der Waals surface area contributed by atoms with Crippen LogP contribution in [0.25, 0.3) is 0 Å². The first kappa shape index (κ1) is 14.8. The highest BCUT2D eigenvalue weighted by atomic mass is 35.5. The molecule has 0 bridgehead atoms. The van der Waals surface area contributed by atoms with Gasteiger partial charge in [0.1, 0.15) is 5.82 Å². The van der Waals surface area contributed by atoms with E-state index in [1.165, 1.54) is 6.07 Å². The number of anilines is 1. The Kier molecular flexibility index (Phi) is 4.31. The number of rotatable bonds is 4. The van der Waals surface area contributed by atoms with E-state index in [-0.39, 0.29) is 12.4 Å². The number of aliphatic hydroxyl groups excluding tert-OH is 1. The number of hydrogen-bond donors (Lipinski definition) is 2. The molecule has 0 saturated carbocycles. The van der Waals surface area contributed by atoms with Gasteiger partial charge >= 0.3 is 0 Å². The first-order chi connectivity index (χ1) is 9.44. The normalized spacial score (nSPS) is 13.8. The summed E-state index contributed by atoms with van der Waals surface area (Å²) in [5.74, 6) is -0.282. The van der Waals surface area contributed by atoms with Gasteiger partial charge < -0.3 is 10.4 Å². The molecule has 0 fully saturated rings.